The van der Waals surface area contributed by atoms with Crippen molar-refractivity contribution in [2.75, 3.05) is 13.1 Å². The molecule has 76 valence electrons. The molecule has 1 saturated heterocycles. The van der Waals surface area contributed by atoms with E-state index in [9.17, 15) is 4.79 Å². The highest BCUT2D eigenvalue weighted by Crippen LogP contribution is 2.22. The van der Waals surface area contributed by atoms with Crippen LogP contribution in [0.25, 0.3) is 0 Å². The van der Waals surface area contributed by atoms with E-state index in [-0.39, 0.29) is 6.04 Å². The first-order chi connectivity index (χ1) is 6.66. The monoisotopic (exact) mass is 259 g/mol. The van der Waals surface area contributed by atoms with E-state index in [1.165, 1.54) is 4.90 Å². The summed E-state index contributed by atoms with van der Waals surface area (Å²) in [6.07, 6.45) is 3.57. The summed E-state index contributed by atoms with van der Waals surface area (Å²) in [7, 11) is 0. The SMILES string of the molecule is O=C(O)N1CC[C@H](n2cc(Br)cn2)C1. The maximum absolute atomic E-state index is 10.7. The zero-order valence-corrected chi connectivity index (χ0v) is 9.01. The average Bonchev–Trinajstić information content (AvgIpc) is 2.70. The molecule has 5 nitrogen and oxygen atoms in total. The van der Waals surface area contributed by atoms with Crippen LogP contribution >= 0.6 is 15.9 Å². The number of hydrogen-bond acceptors (Lipinski definition) is 2. The van der Waals surface area contributed by atoms with E-state index in [4.69, 9.17) is 5.11 Å². The molecule has 1 aliphatic heterocycles. The first-order valence-electron chi connectivity index (χ1n) is 4.34. The van der Waals surface area contributed by atoms with Gasteiger partial charge in [-0.25, -0.2) is 4.79 Å². The first kappa shape index (κ1) is 9.51. The molecule has 1 aromatic heterocycles. The van der Waals surface area contributed by atoms with Crippen molar-refractivity contribution >= 4 is 22.0 Å². The molecule has 1 atom stereocenters. The van der Waals surface area contributed by atoms with E-state index >= 15 is 0 Å². The van der Waals surface area contributed by atoms with Crippen molar-refractivity contribution in [3.8, 4) is 0 Å². The molecule has 0 bridgehead atoms. The third-order valence-electron chi connectivity index (χ3n) is 2.38. The Labute approximate surface area is 89.4 Å². The lowest BCUT2D eigenvalue weighted by Gasteiger charge is -2.12. The maximum Gasteiger partial charge on any atom is 0.407 e. The van der Waals surface area contributed by atoms with Crippen LogP contribution in [0.2, 0.25) is 0 Å². The summed E-state index contributed by atoms with van der Waals surface area (Å²) in [5.74, 6) is 0. The van der Waals surface area contributed by atoms with E-state index in [0.29, 0.717) is 13.1 Å². The minimum atomic E-state index is -0.848. The van der Waals surface area contributed by atoms with Crippen LogP contribution in [0.15, 0.2) is 16.9 Å². The predicted octanol–water partition coefficient (Wildman–Crippen LogP) is 1.57. The molecule has 0 aromatic carbocycles. The number of aromatic nitrogens is 2. The van der Waals surface area contributed by atoms with Crippen LogP contribution in [-0.2, 0) is 0 Å². The smallest absolute Gasteiger partial charge is 0.407 e. The Morgan fingerprint density at radius 2 is 2.50 bits per heavy atom. The quantitative estimate of drug-likeness (QED) is 0.833. The number of carboxylic acid groups (broad SMARTS) is 1. The average molecular weight is 260 g/mol. The number of hydrogen-bond donors (Lipinski definition) is 1. The Bertz CT molecular complexity index is 352. The van der Waals surface area contributed by atoms with Crippen LogP contribution in [0.4, 0.5) is 4.79 Å². The summed E-state index contributed by atoms with van der Waals surface area (Å²) in [5, 5.41) is 12.9. The highest BCUT2D eigenvalue weighted by molar-refractivity contribution is 9.10. The van der Waals surface area contributed by atoms with Crippen molar-refractivity contribution < 1.29 is 9.90 Å². The van der Waals surface area contributed by atoms with Gasteiger partial charge < -0.3 is 10.0 Å². The molecule has 1 aromatic rings. The third-order valence-corrected chi connectivity index (χ3v) is 2.79. The van der Waals surface area contributed by atoms with Crippen molar-refractivity contribution in [2.45, 2.75) is 12.5 Å². The molecule has 0 saturated carbocycles. The minimum absolute atomic E-state index is 0.178. The predicted molar refractivity (Wildman–Crippen MR) is 53.2 cm³/mol. The summed E-state index contributed by atoms with van der Waals surface area (Å²) in [5.41, 5.74) is 0. The topological polar surface area (TPSA) is 58.4 Å². The molecule has 0 radical (unpaired) electrons. The zero-order chi connectivity index (χ0) is 10.1. The number of halogens is 1. The lowest BCUT2D eigenvalue weighted by molar-refractivity contribution is 0.154. The molecule has 2 rings (SSSR count). The molecule has 1 amide bonds. The van der Waals surface area contributed by atoms with E-state index in [0.717, 1.165) is 10.9 Å². The zero-order valence-electron chi connectivity index (χ0n) is 7.43. The second-order valence-corrected chi connectivity index (χ2v) is 4.23. The van der Waals surface area contributed by atoms with Gasteiger partial charge in [0.25, 0.3) is 0 Å². The summed E-state index contributed by atoms with van der Waals surface area (Å²) in [4.78, 5) is 12.1. The minimum Gasteiger partial charge on any atom is -0.465 e. The van der Waals surface area contributed by atoms with Crippen LogP contribution < -0.4 is 0 Å². The fraction of sp³-hybridized carbons (Fsp3) is 0.500. The summed E-state index contributed by atoms with van der Waals surface area (Å²) in [6, 6.07) is 0.178. The fourth-order valence-corrected chi connectivity index (χ4v) is 1.95. The van der Waals surface area contributed by atoms with Gasteiger partial charge in [0.05, 0.1) is 16.7 Å². The van der Waals surface area contributed by atoms with Gasteiger partial charge in [-0.05, 0) is 22.4 Å². The standard InChI is InChI=1S/C8H10BrN3O2/c9-6-3-10-12(4-6)7-1-2-11(5-7)8(13)14/h3-4,7H,1-2,5H2,(H,13,14)/t7-/m0/s1. The molecule has 1 fully saturated rings. The van der Waals surface area contributed by atoms with Crippen LogP contribution in [0, 0.1) is 0 Å². The normalized spacial score (nSPS) is 21.5. The van der Waals surface area contributed by atoms with Crippen molar-refractivity contribution in [1.82, 2.24) is 14.7 Å². The first-order valence-corrected chi connectivity index (χ1v) is 5.13. The second-order valence-electron chi connectivity index (χ2n) is 3.31. The van der Waals surface area contributed by atoms with E-state index < -0.39 is 6.09 Å². The van der Waals surface area contributed by atoms with Crippen molar-refractivity contribution in [1.29, 1.82) is 0 Å². The van der Waals surface area contributed by atoms with Crippen molar-refractivity contribution in [3.05, 3.63) is 16.9 Å². The Balaban J connectivity index is 2.05. The number of amides is 1. The molecule has 2 heterocycles. The Morgan fingerprint density at radius 1 is 1.71 bits per heavy atom. The molecular formula is C8H10BrN3O2. The van der Waals surface area contributed by atoms with Crippen LogP contribution in [-0.4, -0.2) is 39.0 Å². The molecular weight excluding hydrogens is 250 g/mol. The van der Waals surface area contributed by atoms with Gasteiger partial charge in [-0.1, -0.05) is 0 Å². The molecule has 1 aliphatic rings. The molecule has 6 heteroatoms. The maximum atomic E-state index is 10.7. The Kier molecular flexibility index (Phi) is 2.45. The number of rotatable bonds is 1. The van der Waals surface area contributed by atoms with Gasteiger partial charge in [0.15, 0.2) is 0 Å². The van der Waals surface area contributed by atoms with Gasteiger partial charge in [0.2, 0.25) is 0 Å². The Morgan fingerprint density at radius 3 is 3.00 bits per heavy atom. The number of likely N-dealkylation sites (tertiary alicyclic amines) is 1. The summed E-state index contributed by atoms with van der Waals surface area (Å²) >= 11 is 3.31. The van der Waals surface area contributed by atoms with E-state index in [1.54, 1.807) is 6.20 Å². The van der Waals surface area contributed by atoms with Crippen LogP contribution in [0.5, 0.6) is 0 Å². The lowest BCUT2D eigenvalue weighted by Crippen LogP contribution is -2.27. The van der Waals surface area contributed by atoms with Gasteiger partial charge in [-0.15, -0.1) is 0 Å². The third kappa shape index (κ3) is 1.75. The summed E-state index contributed by atoms with van der Waals surface area (Å²) in [6.45, 7) is 1.13. The number of carbonyl (C=O) groups is 1. The highest BCUT2D eigenvalue weighted by Gasteiger charge is 2.27. The van der Waals surface area contributed by atoms with Crippen molar-refractivity contribution in [2.24, 2.45) is 0 Å². The lowest BCUT2D eigenvalue weighted by atomic mass is 10.3. The van der Waals surface area contributed by atoms with Crippen LogP contribution in [0.1, 0.15) is 12.5 Å². The van der Waals surface area contributed by atoms with E-state index in [2.05, 4.69) is 21.0 Å². The Hall–Kier alpha value is -1.04. The molecule has 0 spiro atoms. The molecule has 0 unspecified atom stereocenters. The van der Waals surface area contributed by atoms with E-state index in [1.807, 2.05) is 10.9 Å². The van der Waals surface area contributed by atoms with Gasteiger partial charge in [-0.3, -0.25) is 4.68 Å². The largest absolute Gasteiger partial charge is 0.465 e. The highest BCUT2D eigenvalue weighted by atomic mass is 79.9. The van der Waals surface area contributed by atoms with Gasteiger partial charge in [0.1, 0.15) is 0 Å². The van der Waals surface area contributed by atoms with Gasteiger partial charge in [0, 0.05) is 19.3 Å². The molecule has 1 N–H and O–H groups in total. The molecule has 0 aliphatic carbocycles. The van der Waals surface area contributed by atoms with Gasteiger partial charge >= 0.3 is 6.09 Å². The number of nitrogens with zero attached hydrogens (tertiary/aromatic N) is 3. The summed E-state index contributed by atoms with van der Waals surface area (Å²) < 4.78 is 2.74. The second kappa shape index (κ2) is 3.61. The van der Waals surface area contributed by atoms with Crippen molar-refractivity contribution in [3.63, 3.8) is 0 Å². The molecule has 14 heavy (non-hydrogen) atoms. The van der Waals surface area contributed by atoms with Gasteiger partial charge in [-0.2, -0.15) is 5.10 Å². The van der Waals surface area contributed by atoms with Crippen LogP contribution in [0.3, 0.4) is 0 Å². The fourth-order valence-electron chi connectivity index (χ4n) is 1.65.